The van der Waals surface area contributed by atoms with Gasteiger partial charge in [0.25, 0.3) is 5.91 Å². The van der Waals surface area contributed by atoms with Crippen LogP contribution in [0.15, 0.2) is 78.4 Å². The number of anilines is 1. The number of carbonyl (C=O) groups is 1. The molecule has 0 spiro atoms. The number of nitrogens with zero attached hydrogens (tertiary/aromatic N) is 1. The number of methoxy groups -OCH3 is 1. The summed E-state index contributed by atoms with van der Waals surface area (Å²) in [6.07, 6.45) is 1.26. The maximum absolute atomic E-state index is 12.7. The van der Waals surface area contributed by atoms with E-state index in [2.05, 4.69) is 10.1 Å². The van der Waals surface area contributed by atoms with Crippen LogP contribution in [-0.2, 0) is 4.79 Å². The van der Waals surface area contributed by atoms with Crippen molar-refractivity contribution >= 4 is 17.7 Å². The van der Waals surface area contributed by atoms with Crippen LogP contribution in [0.5, 0.6) is 23.0 Å². The van der Waals surface area contributed by atoms with Crippen LogP contribution >= 0.6 is 0 Å². The van der Waals surface area contributed by atoms with E-state index in [1.807, 2.05) is 24.3 Å². The molecular weight excluding hydrogens is 418 g/mol. The van der Waals surface area contributed by atoms with Gasteiger partial charge in [-0.25, -0.2) is 0 Å². The van der Waals surface area contributed by atoms with E-state index in [0.717, 1.165) is 0 Å². The van der Waals surface area contributed by atoms with E-state index < -0.39 is 12.5 Å². The highest BCUT2D eigenvalue weighted by molar-refractivity contribution is 6.10. The van der Waals surface area contributed by atoms with Gasteiger partial charge in [-0.1, -0.05) is 36.4 Å². The summed E-state index contributed by atoms with van der Waals surface area (Å²) in [4.78, 5) is 12.7. The first-order valence-electron chi connectivity index (χ1n) is 9.38. The Balaban J connectivity index is 1.83. The zero-order chi connectivity index (χ0) is 22.9. The van der Waals surface area contributed by atoms with Crippen molar-refractivity contribution in [1.82, 2.24) is 0 Å². The molecule has 0 aliphatic heterocycles. The van der Waals surface area contributed by atoms with Crippen LogP contribution in [0.1, 0.15) is 5.56 Å². The topological polar surface area (TPSA) is 80.6 Å². The van der Waals surface area contributed by atoms with Crippen molar-refractivity contribution in [2.75, 3.05) is 12.4 Å². The number of hydrogen-bond donors (Lipinski definition) is 1. The van der Waals surface area contributed by atoms with Crippen molar-refractivity contribution in [3.8, 4) is 29.1 Å². The Morgan fingerprint density at radius 2 is 1.72 bits per heavy atom. The number of nitriles is 1. The van der Waals surface area contributed by atoms with Crippen molar-refractivity contribution in [3.05, 3.63) is 83.9 Å². The van der Waals surface area contributed by atoms with Gasteiger partial charge in [0.2, 0.25) is 0 Å². The molecule has 3 aromatic carbocycles. The molecule has 0 heterocycles. The molecule has 0 fully saturated rings. The molecule has 0 aromatic heterocycles. The van der Waals surface area contributed by atoms with Crippen LogP contribution in [0, 0.1) is 11.3 Å². The van der Waals surface area contributed by atoms with E-state index in [1.165, 1.54) is 31.4 Å². The first-order chi connectivity index (χ1) is 15.5. The van der Waals surface area contributed by atoms with E-state index in [-0.39, 0.29) is 17.1 Å². The first-order valence-corrected chi connectivity index (χ1v) is 9.38. The second kappa shape index (κ2) is 10.6. The van der Waals surface area contributed by atoms with Crippen molar-refractivity contribution in [3.63, 3.8) is 0 Å². The van der Waals surface area contributed by atoms with E-state index in [1.54, 1.807) is 36.4 Å². The molecule has 0 bridgehead atoms. The fraction of sp³-hybridized carbons (Fsp3) is 0.0833. The van der Waals surface area contributed by atoms with Gasteiger partial charge in [-0.05, 0) is 48.0 Å². The molecule has 6 nitrogen and oxygen atoms in total. The van der Waals surface area contributed by atoms with Gasteiger partial charge in [0, 0.05) is 0 Å². The van der Waals surface area contributed by atoms with Gasteiger partial charge >= 0.3 is 6.61 Å². The highest BCUT2D eigenvalue weighted by atomic mass is 19.3. The van der Waals surface area contributed by atoms with Crippen molar-refractivity contribution < 1.29 is 27.8 Å². The smallest absolute Gasteiger partial charge is 0.387 e. The maximum atomic E-state index is 12.7. The maximum Gasteiger partial charge on any atom is 0.387 e. The molecule has 0 radical (unpaired) electrons. The zero-order valence-corrected chi connectivity index (χ0v) is 16.9. The largest absolute Gasteiger partial charge is 0.493 e. The average molecular weight is 436 g/mol. The molecule has 0 aliphatic rings. The zero-order valence-electron chi connectivity index (χ0n) is 16.9. The molecule has 3 rings (SSSR count). The lowest BCUT2D eigenvalue weighted by Crippen LogP contribution is -2.14. The third-order valence-corrected chi connectivity index (χ3v) is 4.19. The van der Waals surface area contributed by atoms with E-state index in [9.17, 15) is 18.8 Å². The van der Waals surface area contributed by atoms with Crippen molar-refractivity contribution in [2.24, 2.45) is 0 Å². The minimum absolute atomic E-state index is 0.0948. The molecule has 1 N–H and O–H groups in total. The Morgan fingerprint density at radius 1 is 1.00 bits per heavy atom. The quantitative estimate of drug-likeness (QED) is 0.365. The molecule has 8 heteroatoms. The molecule has 162 valence electrons. The molecule has 0 saturated heterocycles. The second-order valence-corrected chi connectivity index (χ2v) is 6.32. The lowest BCUT2D eigenvalue weighted by atomic mass is 10.1. The summed E-state index contributed by atoms with van der Waals surface area (Å²) in [6.45, 7) is -3.05. The number of nitrogens with one attached hydrogen (secondary N) is 1. The number of hydrogen-bond acceptors (Lipinski definition) is 5. The summed E-state index contributed by atoms with van der Waals surface area (Å²) in [5.41, 5.74) is 0.425. The Morgan fingerprint density at radius 3 is 2.41 bits per heavy atom. The van der Waals surface area contributed by atoms with Crippen LogP contribution in [0.2, 0.25) is 0 Å². The SMILES string of the molecule is COc1ccc(/C=C(\C#N)C(=O)Nc2ccccc2Oc2ccccc2)cc1OC(F)F. The Kier molecular flexibility index (Phi) is 7.38. The van der Waals surface area contributed by atoms with Gasteiger partial charge in [0.15, 0.2) is 17.2 Å². The van der Waals surface area contributed by atoms with Gasteiger partial charge in [-0.3, -0.25) is 4.79 Å². The van der Waals surface area contributed by atoms with Crippen LogP contribution in [-0.4, -0.2) is 19.6 Å². The normalized spacial score (nSPS) is 10.9. The summed E-state index contributed by atoms with van der Waals surface area (Å²) < 4.78 is 40.5. The number of ether oxygens (including phenoxy) is 3. The van der Waals surface area contributed by atoms with Gasteiger partial charge in [-0.15, -0.1) is 0 Å². The molecule has 32 heavy (non-hydrogen) atoms. The number of halogens is 2. The highest BCUT2D eigenvalue weighted by Gasteiger charge is 2.15. The molecule has 0 atom stereocenters. The van der Waals surface area contributed by atoms with Crippen LogP contribution in [0.3, 0.4) is 0 Å². The van der Waals surface area contributed by atoms with Crippen LogP contribution in [0.25, 0.3) is 6.08 Å². The Bertz CT molecular complexity index is 1160. The fourth-order valence-electron chi connectivity index (χ4n) is 2.75. The monoisotopic (exact) mass is 436 g/mol. The standard InChI is InChI=1S/C24H18F2N2O4/c1-30-21-12-11-16(14-22(21)32-24(25)26)13-17(15-27)23(29)28-19-9-5-6-10-20(19)31-18-7-3-2-4-8-18/h2-14,24H,1H3,(H,28,29)/b17-13+. The minimum atomic E-state index is -3.05. The lowest BCUT2D eigenvalue weighted by Gasteiger charge is -2.12. The van der Waals surface area contributed by atoms with E-state index in [0.29, 0.717) is 22.7 Å². The molecular formula is C24H18F2N2O4. The van der Waals surface area contributed by atoms with Gasteiger partial charge in [0.1, 0.15) is 17.4 Å². The lowest BCUT2D eigenvalue weighted by molar-refractivity contribution is -0.112. The van der Waals surface area contributed by atoms with E-state index >= 15 is 0 Å². The summed E-state index contributed by atoms with van der Waals surface area (Å²) in [5, 5.41) is 12.1. The number of carbonyl (C=O) groups excluding carboxylic acids is 1. The minimum Gasteiger partial charge on any atom is -0.493 e. The van der Waals surface area contributed by atoms with E-state index in [4.69, 9.17) is 9.47 Å². The summed E-state index contributed by atoms with van der Waals surface area (Å²) in [5.74, 6) is 0.160. The van der Waals surface area contributed by atoms with Crippen LogP contribution in [0.4, 0.5) is 14.5 Å². The number of amides is 1. The van der Waals surface area contributed by atoms with Crippen molar-refractivity contribution in [2.45, 2.75) is 6.61 Å². The number of benzene rings is 3. The Hall–Kier alpha value is -4.38. The van der Waals surface area contributed by atoms with Gasteiger partial charge in [0.05, 0.1) is 12.8 Å². The number of para-hydroxylation sites is 3. The summed E-state index contributed by atoms with van der Waals surface area (Å²) >= 11 is 0. The molecule has 0 saturated carbocycles. The second-order valence-electron chi connectivity index (χ2n) is 6.32. The summed E-state index contributed by atoms with van der Waals surface area (Å²) in [7, 11) is 1.31. The molecule has 0 unspecified atom stereocenters. The first kappa shape index (κ1) is 22.3. The molecule has 1 amide bonds. The van der Waals surface area contributed by atoms with Crippen LogP contribution < -0.4 is 19.5 Å². The fourth-order valence-corrected chi connectivity index (χ4v) is 2.75. The predicted octanol–water partition coefficient (Wildman–Crippen LogP) is 5.63. The number of rotatable bonds is 8. The predicted molar refractivity (Wildman–Crippen MR) is 115 cm³/mol. The summed E-state index contributed by atoms with van der Waals surface area (Å²) in [6, 6.07) is 21.8. The number of alkyl halides is 2. The Labute approximate surface area is 183 Å². The van der Waals surface area contributed by atoms with Crippen molar-refractivity contribution in [1.29, 1.82) is 5.26 Å². The third kappa shape index (κ3) is 5.83. The molecule has 3 aromatic rings. The third-order valence-electron chi connectivity index (χ3n) is 4.19. The van der Waals surface area contributed by atoms with Gasteiger partial charge < -0.3 is 19.5 Å². The highest BCUT2D eigenvalue weighted by Crippen LogP contribution is 2.31. The average Bonchev–Trinajstić information content (AvgIpc) is 2.79. The van der Waals surface area contributed by atoms with Gasteiger partial charge in [-0.2, -0.15) is 14.0 Å². The molecule has 0 aliphatic carbocycles.